The van der Waals surface area contributed by atoms with E-state index in [2.05, 4.69) is 10.3 Å². The number of carbonyl (C=O) groups is 1. The lowest BCUT2D eigenvalue weighted by atomic mass is 10.3. The van der Waals surface area contributed by atoms with Crippen LogP contribution in [0.5, 0.6) is 0 Å². The molecule has 0 radical (unpaired) electrons. The number of amides is 1. The predicted octanol–water partition coefficient (Wildman–Crippen LogP) is 2.15. The van der Waals surface area contributed by atoms with E-state index in [-0.39, 0.29) is 5.91 Å². The molecule has 0 unspecified atom stereocenters. The van der Waals surface area contributed by atoms with Gasteiger partial charge in [-0.15, -0.1) is 11.3 Å². The molecule has 0 saturated carbocycles. The zero-order chi connectivity index (χ0) is 10.7. The van der Waals surface area contributed by atoms with Gasteiger partial charge >= 0.3 is 0 Å². The average Bonchev–Trinajstić information content (AvgIpc) is 2.88. The minimum atomic E-state index is -0.199. The van der Waals surface area contributed by atoms with Crippen molar-refractivity contribution >= 4 is 17.2 Å². The Hall–Kier alpha value is -1.62. The monoisotopic (exact) mass is 222 g/mol. The summed E-state index contributed by atoms with van der Waals surface area (Å²) in [6.07, 6.45) is 1.29. The van der Waals surface area contributed by atoms with Crippen molar-refractivity contribution in [3.63, 3.8) is 0 Å². The van der Waals surface area contributed by atoms with Gasteiger partial charge in [0, 0.05) is 6.54 Å². The molecule has 0 aliphatic heterocycles. The number of thiophene rings is 1. The summed E-state index contributed by atoms with van der Waals surface area (Å²) in [5, 5.41) is 4.62. The molecule has 78 valence electrons. The van der Waals surface area contributed by atoms with E-state index in [4.69, 9.17) is 4.42 Å². The second-order valence-electron chi connectivity index (χ2n) is 2.87. The van der Waals surface area contributed by atoms with Crippen LogP contribution in [-0.2, 0) is 0 Å². The minimum absolute atomic E-state index is 0.199. The fraction of sp³-hybridized carbons (Fsp3) is 0.200. The van der Waals surface area contributed by atoms with Crippen LogP contribution in [0.15, 0.2) is 28.3 Å². The van der Waals surface area contributed by atoms with E-state index in [9.17, 15) is 4.79 Å². The van der Waals surface area contributed by atoms with Crippen LogP contribution >= 0.6 is 11.3 Å². The minimum Gasteiger partial charge on any atom is -0.442 e. The van der Waals surface area contributed by atoms with Gasteiger partial charge in [-0.3, -0.25) is 4.79 Å². The Bertz CT molecular complexity index is 448. The molecule has 0 atom stereocenters. The summed E-state index contributed by atoms with van der Waals surface area (Å²) in [7, 11) is 0. The summed E-state index contributed by atoms with van der Waals surface area (Å²) < 4.78 is 5.21. The lowest BCUT2D eigenvalue weighted by Crippen LogP contribution is -2.23. The van der Waals surface area contributed by atoms with Gasteiger partial charge in [0.15, 0.2) is 17.8 Å². The van der Waals surface area contributed by atoms with Gasteiger partial charge in [0.1, 0.15) is 0 Å². The summed E-state index contributed by atoms with van der Waals surface area (Å²) in [6, 6.07) is 3.80. The number of aromatic nitrogens is 1. The van der Waals surface area contributed by atoms with Gasteiger partial charge in [0.05, 0.1) is 4.88 Å². The van der Waals surface area contributed by atoms with Gasteiger partial charge in [-0.25, -0.2) is 4.98 Å². The second-order valence-corrected chi connectivity index (χ2v) is 3.81. The summed E-state index contributed by atoms with van der Waals surface area (Å²) in [4.78, 5) is 16.4. The molecule has 0 aromatic carbocycles. The van der Waals surface area contributed by atoms with Crippen molar-refractivity contribution in [2.45, 2.75) is 6.92 Å². The zero-order valence-electron chi connectivity index (χ0n) is 8.19. The van der Waals surface area contributed by atoms with Crippen LogP contribution < -0.4 is 5.32 Å². The smallest absolute Gasteiger partial charge is 0.273 e. The summed E-state index contributed by atoms with van der Waals surface area (Å²) >= 11 is 1.52. The molecule has 2 heterocycles. The van der Waals surface area contributed by atoms with E-state index in [1.807, 2.05) is 24.4 Å². The second kappa shape index (κ2) is 4.27. The lowest BCUT2D eigenvalue weighted by Gasteiger charge is -1.99. The van der Waals surface area contributed by atoms with Crippen LogP contribution in [0.3, 0.4) is 0 Å². The van der Waals surface area contributed by atoms with Gasteiger partial charge in [-0.05, 0) is 18.4 Å². The molecular formula is C10H10N2O2S. The maximum absolute atomic E-state index is 11.6. The number of hydrogen-bond acceptors (Lipinski definition) is 4. The molecule has 0 bridgehead atoms. The third-order valence-corrected chi connectivity index (χ3v) is 2.73. The fourth-order valence-electron chi connectivity index (χ4n) is 1.23. The van der Waals surface area contributed by atoms with Crippen LogP contribution in [0, 0.1) is 0 Å². The Balaban J connectivity index is 2.34. The molecule has 4 nitrogen and oxygen atoms in total. The normalized spacial score (nSPS) is 10.2. The van der Waals surface area contributed by atoms with Crippen molar-refractivity contribution in [2.24, 2.45) is 0 Å². The van der Waals surface area contributed by atoms with E-state index in [0.29, 0.717) is 18.0 Å². The van der Waals surface area contributed by atoms with E-state index >= 15 is 0 Å². The fourth-order valence-corrected chi connectivity index (χ4v) is 1.95. The molecule has 1 amide bonds. The van der Waals surface area contributed by atoms with Crippen LogP contribution in [-0.4, -0.2) is 17.4 Å². The number of hydrogen-bond donors (Lipinski definition) is 1. The lowest BCUT2D eigenvalue weighted by molar-refractivity contribution is 0.0952. The van der Waals surface area contributed by atoms with Crippen molar-refractivity contribution < 1.29 is 9.21 Å². The number of rotatable bonds is 3. The van der Waals surface area contributed by atoms with E-state index in [1.165, 1.54) is 17.7 Å². The van der Waals surface area contributed by atoms with Crippen molar-refractivity contribution in [3.8, 4) is 10.6 Å². The molecule has 0 spiro atoms. The van der Waals surface area contributed by atoms with Crippen LogP contribution in [0.2, 0.25) is 0 Å². The predicted molar refractivity (Wildman–Crippen MR) is 57.8 cm³/mol. The highest BCUT2D eigenvalue weighted by molar-refractivity contribution is 7.13. The molecule has 0 fully saturated rings. The summed E-state index contributed by atoms with van der Waals surface area (Å²) in [6.45, 7) is 2.44. The Labute approximate surface area is 90.9 Å². The molecule has 2 aromatic rings. The first-order valence-electron chi connectivity index (χ1n) is 4.58. The Kier molecular flexibility index (Phi) is 2.82. The van der Waals surface area contributed by atoms with Gasteiger partial charge in [0.2, 0.25) is 0 Å². The summed E-state index contributed by atoms with van der Waals surface area (Å²) in [5.41, 5.74) is 0.347. The zero-order valence-corrected chi connectivity index (χ0v) is 9.00. The van der Waals surface area contributed by atoms with E-state index < -0.39 is 0 Å². The Morgan fingerprint density at radius 3 is 3.20 bits per heavy atom. The standard InChI is InChI=1S/C10H10N2O2S/c1-2-11-10(13)8-9(14-6-12-8)7-4-3-5-15-7/h3-6H,2H2,1H3,(H,11,13). The highest BCUT2D eigenvalue weighted by Gasteiger charge is 2.17. The van der Waals surface area contributed by atoms with Crippen molar-refractivity contribution in [1.82, 2.24) is 10.3 Å². The molecule has 0 saturated heterocycles. The molecular weight excluding hydrogens is 212 g/mol. The third kappa shape index (κ3) is 1.92. The maximum atomic E-state index is 11.6. The van der Waals surface area contributed by atoms with Crippen molar-refractivity contribution in [3.05, 3.63) is 29.6 Å². The van der Waals surface area contributed by atoms with Crippen molar-refractivity contribution in [2.75, 3.05) is 6.54 Å². The molecule has 0 aliphatic rings. The molecule has 2 aromatic heterocycles. The van der Waals surface area contributed by atoms with Gasteiger partial charge < -0.3 is 9.73 Å². The Morgan fingerprint density at radius 1 is 1.67 bits per heavy atom. The SMILES string of the molecule is CCNC(=O)c1ncoc1-c1cccs1. The van der Waals surface area contributed by atoms with E-state index in [1.54, 1.807) is 0 Å². The van der Waals surface area contributed by atoms with Crippen LogP contribution in [0.25, 0.3) is 10.6 Å². The Morgan fingerprint density at radius 2 is 2.53 bits per heavy atom. The average molecular weight is 222 g/mol. The van der Waals surface area contributed by atoms with Gasteiger partial charge in [-0.1, -0.05) is 6.07 Å². The maximum Gasteiger partial charge on any atom is 0.273 e. The van der Waals surface area contributed by atoms with Gasteiger partial charge in [0.25, 0.3) is 5.91 Å². The first-order chi connectivity index (χ1) is 7.33. The molecule has 15 heavy (non-hydrogen) atoms. The molecule has 1 N–H and O–H groups in total. The molecule has 2 rings (SSSR count). The largest absolute Gasteiger partial charge is 0.442 e. The number of nitrogens with one attached hydrogen (secondary N) is 1. The van der Waals surface area contributed by atoms with E-state index in [0.717, 1.165) is 4.88 Å². The number of oxazole rings is 1. The molecule has 5 heteroatoms. The molecule has 0 aliphatic carbocycles. The first kappa shape index (κ1) is 9.92. The summed E-state index contributed by atoms with van der Waals surface area (Å²) in [5.74, 6) is 0.339. The quantitative estimate of drug-likeness (QED) is 0.865. The topological polar surface area (TPSA) is 55.1 Å². The van der Waals surface area contributed by atoms with Crippen molar-refractivity contribution in [1.29, 1.82) is 0 Å². The highest BCUT2D eigenvalue weighted by Crippen LogP contribution is 2.27. The van der Waals surface area contributed by atoms with Gasteiger partial charge in [-0.2, -0.15) is 0 Å². The first-order valence-corrected chi connectivity index (χ1v) is 5.46. The number of nitrogens with zero attached hydrogens (tertiary/aromatic N) is 1. The number of carbonyl (C=O) groups excluding carboxylic acids is 1. The third-order valence-electron chi connectivity index (χ3n) is 1.86. The highest BCUT2D eigenvalue weighted by atomic mass is 32.1. The van der Waals surface area contributed by atoms with Crippen LogP contribution in [0.1, 0.15) is 17.4 Å². The van der Waals surface area contributed by atoms with Crippen LogP contribution in [0.4, 0.5) is 0 Å².